The van der Waals surface area contributed by atoms with Gasteiger partial charge in [-0.3, -0.25) is 0 Å². The van der Waals surface area contributed by atoms with Gasteiger partial charge in [0.15, 0.2) is 0 Å². The molecule has 168 valence electrons. The van der Waals surface area contributed by atoms with Gasteiger partial charge in [-0.05, 0) is 0 Å². The van der Waals surface area contributed by atoms with E-state index >= 15 is 0 Å². The molecule has 0 spiro atoms. The van der Waals surface area contributed by atoms with Crippen molar-refractivity contribution in [1.29, 1.82) is 0 Å². The first-order valence-electron chi connectivity index (χ1n) is 10.5. The molecule has 2 rings (SSSR count). The Morgan fingerprint density at radius 3 is 2.55 bits per heavy atom. The second-order valence-electron chi connectivity index (χ2n) is 9.45. The fraction of sp³-hybridized carbons (Fsp3) is 0.810. The van der Waals surface area contributed by atoms with Crippen molar-refractivity contribution in [2.75, 3.05) is 47.0 Å². The summed E-state index contributed by atoms with van der Waals surface area (Å²) in [6, 6.07) is 0. The number of hydrogen-bond donors (Lipinski definition) is 1. The Hall–Kier alpha value is -0.380. The minimum absolute atomic E-state index is 0.0607. The third-order valence-electron chi connectivity index (χ3n) is 6.14. The SMILES string of the molecule is CO[C@@]1(C)[C@@H](CCO[PH](C)(C)C)C(=O)N[C@]1(C=O)[C@@H](OP(C)C)[C@@H]1C=CCCC1. The molecule has 0 radical (unpaired) electrons. The van der Waals surface area contributed by atoms with Crippen molar-refractivity contribution in [3.63, 3.8) is 0 Å². The van der Waals surface area contributed by atoms with Crippen LogP contribution in [0.1, 0.15) is 32.6 Å². The van der Waals surface area contributed by atoms with E-state index in [1.165, 1.54) is 0 Å². The van der Waals surface area contributed by atoms with Crippen molar-refractivity contribution in [1.82, 2.24) is 5.32 Å². The zero-order chi connectivity index (χ0) is 21.9. The number of aldehydes is 1. The topological polar surface area (TPSA) is 73.9 Å². The Labute approximate surface area is 177 Å². The van der Waals surface area contributed by atoms with Crippen LogP contribution in [-0.4, -0.2) is 76.5 Å². The van der Waals surface area contributed by atoms with Crippen LogP contribution in [0.2, 0.25) is 0 Å². The molecule has 5 atom stereocenters. The summed E-state index contributed by atoms with van der Waals surface area (Å²) in [5, 5.41) is 3.03. The predicted octanol–water partition coefficient (Wildman–Crippen LogP) is 3.43. The molecule has 0 aromatic carbocycles. The van der Waals surface area contributed by atoms with Crippen LogP contribution in [0.25, 0.3) is 0 Å². The molecule has 1 amide bonds. The third-order valence-corrected chi connectivity index (χ3v) is 7.86. The summed E-state index contributed by atoms with van der Waals surface area (Å²) in [4.78, 5) is 25.8. The summed E-state index contributed by atoms with van der Waals surface area (Å²) in [5.41, 5.74) is -2.25. The van der Waals surface area contributed by atoms with Gasteiger partial charge in [0, 0.05) is 0 Å². The fourth-order valence-electron chi connectivity index (χ4n) is 4.54. The Balaban J connectivity index is 2.41. The average Bonchev–Trinajstić information content (AvgIpc) is 2.88. The molecule has 1 fully saturated rings. The van der Waals surface area contributed by atoms with E-state index in [1.807, 2.05) is 20.3 Å². The van der Waals surface area contributed by atoms with Crippen LogP contribution in [0.4, 0.5) is 0 Å². The third kappa shape index (κ3) is 5.28. The number of rotatable bonds is 10. The molecule has 8 heteroatoms. The number of carbonyl (C=O) groups excluding carboxylic acids is 2. The molecule has 1 saturated heterocycles. The second-order valence-corrected chi connectivity index (χ2v) is 15.8. The summed E-state index contributed by atoms with van der Waals surface area (Å²) in [5.74, 6) is -0.580. The van der Waals surface area contributed by atoms with Gasteiger partial charge in [-0.2, -0.15) is 0 Å². The number of nitrogens with one attached hydrogen (secondary N) is 1. The van der Waals surface area contributed by atoms with E-state index in [0.717, 1.165) is 25.5 Å². The van der Waals surface area contributed by atoms with E-state index in [-0.39, 0.29) is 11.8 Å². The fourth-order valence-corrected chi connectivity index (χ4v) is 6.05. The molecule has 0 unspecified atom stereocenters. The Bertz CT molecular complexity index is 621. The van der Waals surface area contributed by atoms with Crippen molar-refractivity contribution >= 4 is 27.8 Å². The first kappa shape index (κ1) is 24.9. The van der Waals surface area contributed by atoms with Gasteiger partial charge in [0.25, 0.3) is 0 Å². The van der Waals surface area contributed by atoms with E-state index in [1.54, 1.807) is 7.11 Å². The van der Waals surface area contributed by atoms with Gasteiger partial charge < -0.3 is 0 Å². The van der Waals surface area contributed by atoms with Gasteiger partial charge in [-0.15, -0.1) is 0 Å². The van der Waals surface area contributed by atoms with Crippen LogP contribution in [0.15, 0.2) is 12.2 Å². The molecule has 1 aliphatic carbocycles. The van der Waals surface area contributed by atoms with Crippen molar-refractivity contribution in [3.8, 4) is 0 Å². The number of amides is 1. The molecule has 0 saturated carbocycles. The van der Waals surface area contributed by atoms with E-state index in [4.69, 9.17) is 13.8 Å². The van der Waals surface area contributed by atoms with Gasteiger partial charge in [0.1, 0.15) is 0 Å². The first-order valence-corrected chi connectivity index (χ1v) is 16.0. The van der Waals surface area contributed by atoms with E-state index in [2.05, 4.69) is 37.5 Å². The molecule has 0 aromatic heterocycles. The maximum atomic E-state index is 13.1. The second kappa shape index (κ2) is 9.83. The summed E-state index contributed by atoms with van der Waals surface area (Å²) >= 11 is 0. The molecule has 0 bridgehead atoms. The molecule has 6 nitrogen and oxygen atoms in total. The van der Waals surface area contributed by atoms with Crippen LogP contribution >= 0.6 is 15.6 Å². The number of hydrogen-bond acceptors (Lipinski definition) is 5. The molecule has 0 aromatic rings. The van der Waals surface area contributed by atoms with Crippen LogP contribution in [0.3, 0.4) is 0 Å². The minimum atomic E-state index is -1.70. The number of ether oxygens (including phenoxy) is 1. The standard InChI is InChI=1S/C21H39NO5P2/c1-20(25-2)17(13-14-26-29(5,6)7)19(24)22-21(20,15-23)18(27-28(3)4)16-11-9-8-10-12-16/h9,11,15-18,29H,8,10,12-14H2,1-7H3,(H,22,24)/t16-,17+,18+,20+,21-/m1/s1. The quantitative estimate of drug-likeness (QED) is 0.316. The number of methoxy groups -OCH3 is 1. The molecule has 29 heavy (non-hydrogen) atoms. The van der Waals surface area contributed by atoms with Crippen molar-refractivity contribution in [3.05, 3.63) is 12.2 Å². The molecular weight excluding hydrogens is 408 g/mol. The molecule has 1 heterocycles. The van der Waals surface area contributed by atoms with Crippen molar-refractivity contribution in [2.24, 2.45) is 11.8 Å². The summed E-state index contributed by atoms with van der Waals surface area (Å²) in [7, 11) is -0.851. The van der Waals surface area contributed by atoms with Gasteiger partial charge >= 0.3 is 177 Å². The van der Waals surface area contributed by atoms with Crippen LogP contribution < -0.4 is 5.32 Å². The van der Waals surface area contributed by atoms with Crippen molar-refractivity contribution < 1.29 is 23.4 Å². The Morgan fingerprint density at radius 2 is 2.07 bits per heavy atom. The van der Waals surface area contributed by atoms with Gasteiger partial charge in [-0.1, -0.05) is 0 Å². The molecule has 2 aliphatic rings. The normalized spacial score (nSPS) is 34.3. The Kier molecular flexibility index (Phi) is 8.44. The van der Waals surface area contributed by atoms with Crippen molar-refractivity contribution in [2.45, 2.75) is 49.9 Å². The van der Waals surface area contributed by atoms with Gasteiger partial charge in [0.2, 0.25) is 0 Å². The molecular formula is C21H39NO5P2. The summed E-state index contributed by atoms with van der Waals surface area (Å²) in [6.45, 7) is 12.8. The zero-order valence-corrected chi connectivity index (χ0v) is 20.9. The van der Waals surface area contributed by atoms with Crippen LogP contribution in [0, 0.1) is 11.8 Å². The maximum absolute atomic E-state index is 13.1. The Morgan fingerprint density at radius 1 is 1.38 bits per heavy atom. The van der Waals surface area contributed by atoms with E-state index < -0.39 is 38.8 Å². The molecule has 1 N–H and O–H groups in total. The zero-order valence-electron chi connectivity index (χ0n) is 19.0. The van der Waals surface area contributed by atoms with E-state index in [9.17, 15) is 9.59 Å². The van der Waals surface area contributed by atoms with Gasteiger partial charge in [0.05, 0.1) is 0 Å². The average molecular weight is 447 g/mol. The monoisotopic (exact) mass is 447 g/mol. The first-order chi connectivity index (χ1) is 13.5. The van der Waals surface area contributed by atoms with Crippen LogP contribution in [0.5, 0.6) is 0 Å². The summed E-state index contributed by atoms with van der Waals surface area (Å²) in [6.07, 6.45) is 8.21. The summed E-state index contributed by atoms with van der Waals surface area (Å²) < 4.78 is 18.3. The predicted molar refractivity (Wildman–Crippen MR) is 123 cm³/mol. The number of allylic oxidation sites excluding steroid dienone is 1. The molecule has 1 aliphatic heterocycles. The number of carbonyl (C=O) groups is 2. The van der Waals surface area contributed by atoms with Crippen LogP contribution in [-0.2, 0) is 23.4 Å². The van der Waals surface area contributed by atoms with E-state index in [0.29, 0.717) is 13.0 Å². The van der Waals surface area contributed by atoms with Gasteiger partial charge in [-0.25, -0.2) is 0 Å².